The van der Waals surface area contributed by atoms with E-state index in [9.17, 15) is 23.7 Å². The van der Waals surface area contributed by atoms with Crippen LogP contribution in [0.5, 0.6) is 0 Å². The maximum atomic E-state index is 13.6. The van der Waals surface area contributed by atoms with E-state index in [-0.39, 0.29) is 35.9 Å². The second-order valence-electron chi connectivity index (χ2n) is 6.03. The van der Waals surface area contributed by atoms with Crippen LogP contribution in [0.4, 0.5) is 20.2 Å². The van der Waals surface area contributed by atoms with E-state index in [4.69, 9.17) is 0 Å². The average Bonchev–Trinajstić information content (AvgIpc) is 2.56. The Morgan fingerprint density at radius 3 is 2.54 bits per heavy atom. The molecule has 0 saturated heterocycles. The van der Waals surface area contributed by atoms with Crippen molar-refractivity contribution >= 4 is 17.3 Å². The number of rotatable bonds is 7. The van der Waals surface area contributed by atoms with E-state index in [0.717, 1.165) is 12.1 Å². The predicted octanol–water partition coefficient (Wildman–Crippen LogP) is 3.67. The Hall–Kier alpha value is -3.03. The molecule has 0 radical (unpaired) electrons. The fourth-order valence-electron chi connectivity index (χ4n) is 2.38. The van der Waals surface area contributed by atoms with Crippen LogP contribution in [0.1, 0.15) is 29.8 Å². The lowest BCUT2D eigenvalue weighted by Crippen LogP contribution is -2.30. The lowest BCUT2D eigenvalue weighted by molar-refractivity contribution is -0.384. The van der Waals surface area contributed by atoms with Crippen molar-refractivity contribution in [1.82, 2.24) is 5.32 Å². The molecule has 0 heterocycles. The first-order valence-electron chi connectivity index (χ1n) is 8.05. The Balaban J connectivity index is 2.11. The molecule has 0 saturated carbocycles. The highest BCUT2D eigenvalue weighted by molar-refractivity contribution is 5.95. The molecule has 0 aliphatic heterocycles. The van der Waals surface area contributed by atoms with E-state index in [2.05, 4.69) is 10.6 Å². The molecule has 2 aromatic rings. The van der Waals surface area contributed by atoms with E-state index in [1.54, 1.807) is 13.8 Å². The molecule has 26 heavy (non-hydrogen) atoms. The Morgan fingerprint density at radius 2 is 1.92 bits per heavy atom. The van der Waals surface area contributed by atoms with Gasteiger partial charge in [-0.25, -0.2) is 8.78 Å². The summed E-state index contributed by atoms with van der Waals surface area (Å²) in [6.07, 6.45) is 0.221. The lowest BCUT2D eigenvalue weighted by atomic mass is 10.1. The molecule has 1 amide bonds. The van der Waals surface area contributed by atoms with Gasteiger partial charge in [-0.05, 0) is 44.0 Å². The fraction of sp³-hybridized carbons (Fsp3) is 0.278. The summed E-state index contributed by atoms with van der Waals surface area (Å²) in [5.41, 5.74) is 0.453. The van der Waals surface area contributed by atoms with Crippen LogP contribution < -0.4 is 10.6 Å². The van der Waals surface area contributed by atoms with Gasteiger partial charge < -0.3 is 10.6 Å². The molecule has 2 rings (SSSR count). The molecule has 0 bridgehead atoms. The fourth-order valence-corrected chi connectivity index (χ4v) is 2.38. The summed E-state index contributed by atoms with van der Waals surface area (Å²) in [4.78, 5) is 22.7. The Kier molecular flexibility index (Phi) is 6.21. The third-order valence-electron chi connectivity index (χ3n) is 3.60. The van der Waals surface area contributed by atoms with Crippen LogP contribution in [-0.2, 0) is 6.42 Å². The maximum absolute atomic E-state index is 13.6. The molecule has 138 valence electrons. The molecule has 0 aliphatic rings. The standard InChI is InChI=1S/C18H19F2N3O3/c1-11(2)22-18(24)13-4-6-16(17(9-13)23(25)26)21-8-7-12-3-5-14(19)10-15(12)20/h3-6,9-11,21H,7-8H2,1-2H3,(H,22,24). The summed E-state index contributed by atoms with van der Waals surface area (Å²) in [5, 5.41) is 16.8. The van der Waals surface area contributed by atoms with Gasteiger partial charge in [-0.2, -0.15) is 0 Å². The highest BCUT2D eigenvalue weighted by Gasteiger charge is 2.18. The minimum absolute atomic E-state index is 0.0926. The first-order valence-corrected chi connectivity index (χ1v) is 8.05. The molecule has 0 unspecified atom stereocenters. The zero-order valence-corrected chi connectivity index (χ0v) is 14.4. The number of nitro benzene ring substituents is 1. The number of nitrogens with one attached hydrogen (secondary N) is 2. The number of hydrogen-bond acceptors (Lipinski definition) is 4. The summed E-state index contributed by atoms with van der Waals surface area (Å²) in [6, 6.07) is 7.30. The predicted molar refractivity (Wildman–Crippen MR) is 94.3 cm³/mol. The summed E-state index contributed by atoms with van der Waals surface area (Å²) < 4.78 is 26.5. The van der Waals surface area contributed by atoms with Gasteiger partial charge >= 0.3 is 0 Å². The SMILES string of the molecule is CC(C)NC(=O)c1ccc(NCCc2ccc(F)cc2F)c([N+](=O)[O-])c1. The summed E-state index contributed by atoms with van der Waals surface area (Å²) in [6.45, 7) is 3.79. The van der Waals surface area contributed by atoms with Gasteiger partial charge in [0.2, 0.25) is 0 Å². The largest absolute Gasteiger partial charge is 0.379 e. The number of halogens is 2. The first kappa shape index (κ1) is 19.3. The maximum Gasteiger partial charge on any atom is 0.293 e. The van der Waals surface area contributed by atoms with Crippen molar-refractivity contribution in [2.75, 3.05) is 11.9 Å². The van der Waals surface area contributed by atoms with Gasteiger partial charge in [0, 0.05) is 30.3 Å². The molecule has 0 fully saturated rings. The number of nitro groups is 1. The average molecular weight is 363 g/mol. The van der Waals surface area contributed by atoms with Crippen LogP contribution in [-0.4, -0.2) is 23.4 Å². The summed E-state index contributed by atoms with van der Waals surface area (Å²) in [5.74, 6) is -1.73. The molecular formula is C18H19F2N3O3. The second kappa shape index (κ2) is 8.37. The van der Waals surface area contributed by atoms with Gasteiger partial charge in [0.25, 0.3) is 11.6 Å². The van der Waals surface area contributed by atoms with Crippen LogP contribution >= 0.6 is 0 Å². The zero-order chi connectivity index (χ0) is 19.3. The minimum atomic E-state index is -0.665. The van der Waals surface area contributed by atoms with Gasteiger partial charge in [0.1, 0.15) is 17.3 Å². The van der Waals surface area contributed by atoms with Gasteiger partial charge in [-0.3, -0.25) is 14.9 Å². The van der Waals surface area contributed by atoms with Gasteiger partial charge in [0.15, 0.2) is 0 Å². The molecule has 2 aromatic carbocycles. The smallest absolute Gasteiger partial charge is 0.293 e. The third kappa shape index (κ3) is 4.98. The third-order valence-corrected chi connectivity index (χ3v) is 3.60. The normalized spacial score (nSPS) is 10.7. The molecular weight excluding hydrogens is 344 g/mol. The highest BCUT2D eigenvalue weighted by atomic mass is 19.1. The molecule has 0 aliphatic carbocycles. The lowest BCUT2D eigenvalue weighted by Gasteiger charge is -2.11. The van der Waals surface area contributed by atoms with Crippen molar-refractivity contribution in [3.8, 4) is 0 Å². The van der Waals surface area contributed by atoms with Gasteiger partial charge in [0.05, 0.1) is 4.92 Å². The monoisotopic (exact) mass is 363 g/mol. The van der Waals surface area contributed by atoms with Crippen molar-refractivity contribution in [3.63, 3.8) is 0 Å². The van der Waals surface area contributed by atoms with Crippen LogP contribution in [0.2, 0.25) is 0 Å². The number of carbonyl (C=O) groups excluding carboxylic acids is 1. The van der Waals surface area contributed by atoms with Crippen LogP contribution in [0.3, 0.4) is 0 Å². The number of amides is 1. The van der Waals surface area contributed by atoms with Crippen molar-refractivity contribution in [2.24, 2.45) is 0 Å². The van der Waals surface area contributed by atoms with Crippen molar-refractivity contribution in [2.45, 2.75) is 26.3 Å². The van der Waals surface area contributed by atoms with Gasteiger partial charge in [-0.1, -0.05) is 6.07 Å². The van der Waals surface area contributed by atoms with E-state index < -0.39 is 22.5 Å². The van der Waals surface area contributed by atoms with Crippen molar-refractivity contribution in [1.29, 1.82) is 0 Å². The van der Waals surface area contributed by atoms with E-state index >= 15 is 0 Å². The first-order chi connectivity index (χ1) is 12.3. The van der Waals surface area contributed by atoms with Crippen molar-refractivity contribution in [3.05, 3.63) is 69.3 Å². The number of carbonyl (C=O) groups is 1. The van der Waals surface area contributed by atoms with Crippen molar-refractivity contribution < 1.29 is 18.5 Å². The Labute approximate surface area is 149 Å². The quantitative estimate of drug-likeness (QED) is 0.581. The molecule has 6 nitrogen and oxygen atoms in total. The summed E-state index contributed by atoms with van der Waals surface area (Å²) in [7, 11) is 0. The summed E-state index contributed by atoms with van der Waals surface area (Å²) >= 11 is 0. The molecule has 8 heteroatoms. The number of anilines is 1. The van der Waals surface area contributed by atoms with Crippen LogP contribution in [0, 0.1) is 21.7 Å². The van der Waals surface area contributed by atoms with Crippen LogP contribution in [0.15, 0.2) is 36.4 Å². The van der Waals surface area contributed by atoms with E-state index in [1.165, 1.54) is 24.3 Å². The topological polar surface area (TPSA) is 84.3 Å². The zero-order valence-electron chi connectivity index (χ0n) is 14.4. The number of hydrogen-bond donors (Lipinski definition) is 2. The highest BCUT2D eigenvalue weighted by Crippen LogP contribution is 2.25. The Morgan fingerprint density at radius 1 is 1.19 bits per heavy atom. The Bertz CT molecular complexity index is 825. The molecule has 2 N–H and O–H groups in total. The molecule has 0 atom stereocenters. The van der Waals surface area contributed by atoms with Crippen LogP contribution in [0.25, 0.3) is 0 Å². The molecule has 0 spiro atoms. The molecule has 0 aromatic heterocycles. The number of nitrogens with zero attached hydrogens (tertiary/aromatic N) is 1. The van der Waals surface area contributed by atoms with Gasteiger partial charge in [-0.15, -0.1) is 0 Å². The number of benzene rings is 2. The minimum Gasteiger partial charge on any atom is -0.379 e. The second-order valence-corrected chi connectivity index (χ2v) is 6.03. The van der Waals surface area contributed by atoms with E-state index in [0.29, 0.717) is 5.56 Å². The van der Waals surface area contributed by atoms with E-state index in [1.807, 2.05) is 0 Å².